The van der Waals surface area contributed by atoms with E-state index in [9.17, 15) is 9.90 Å². The zero-order valence-corrected chi connectivity index (χ0v) is 15.7. The monoisotopic (exact) mass is 392 g/mol. The zero-order chi connectivity index (χ0) is 19.0. The summed E-state index contributed by atoms with van der Waals surface area (Å²) in [7, 11) is 0. The van der Waals surface area contributed by atoms with Crippen molar-refractivity contribution in [3.63, 3.8) is 0 Å². The van der Waals surface area contributed by atoms with Crippen LogP contribution in [0.1, 0.15) is 17.0 Å². The van der Waals surface area contributed by atoms with Gasteiger partial charge in [0.2, 0.25) is 5.91 Å². The van der Waals surface area contributed by atoms with Gasteiger partial charge in [0, 0.05) is 42.6 Å². The first-order valence-electron chi connectivity index (χ1n) is 8.95. The largest absolute Gasteiger partial charge is 0.486 e. The Hall–Kier alpha value is -2.25. The van der Waals surface area contributed by atoms with Crippen LogP contribution >= 0.6 is 11.6 Å². The molecule has 0 aliphatic carbocycles. The number of fused-ring (bicyclic) bond motifs is 1. The minimum atomic E-state index is -0.588. The van der Waals surface area contributed by atoms with E-state index in [2.05, 4.69) is 5.16 Å². The van der Waals surface area contributed by atoms with Crippen LogP contribution in [0, 0.1) is 12.8 Å². The minimum absolute atomic E-state index is 0.0722. The molecule has 1 aromatic carbocycles. The first kappa shape index (κ1) is 18.1. The number of nitrogens with zero attached hydrogens (tertiary/aromatic N) is 2. The number of carbonyl (C=O) groups is 1. The quantitative estimate of drug-likeness (QED) is 0.856. The molecule has 1 aromatic heterocycles. The van der Waals surface area contributed by atoms with Gasteiger partial charge in [-0.25, -0.2) is 0 Å². The van der Waals surface area contributed by atoms with Crippen molar-refractivity contribution < 1.29 is 23.9 Å². The van der Waals surface area contributed by atoms with Crippen LogP contribution < -0.4 is 9.47 Å². The Morgan fingerprint density at radius 1 is 1.26 bits per heavy atom. The van der Waals surface area contributed by atoms with Crippen LogP contribution in [0.25, 0.3) is 0 Å². The number of likely N-dealkylation sites (tertiary alicyclic amines) is 1. The molecule has 1 N–H and O–H groups in total. The van der Waals surface area contributed by atoms with Crippen LogP contribution in [0.3, 0.4) is 0 Å². The molecule has 2 aliphatic heterocycles. The van der Waals surface area contributed by atoms with Crippen LogP contribution in [-0.2, 0) is 17.6 Å². The summed E-state index contributed by atoms with van der Waals surface area (Å²) in [6.07, 6.45) is 0.113. The van der Waals surface area contributed by atoms with E-state index in [-0.39, 0.29) is 18.2 Å². The second-order valence-corrected chi connectivity index (χ2v) is 7.44. The van der Waals surface area contributed by atoms with E-state index in [1.165, 1.54) is 0 Å². The van der Waals surface area contributed by atoms with Gasteiger partial charge >= 0.3 is 0 Å². The molecule has 0 bridgehead atoms. The Morgan fingerprint density at radius 3 is 2.70 bits per heavy atom. The molecule has 1 amide bonds. The lowest BCUT2D eigenvalue weighted by Gasteiger charge is -2.21. The number of β-amino-alcohol motifs (C(OH)–C–C–N with tert-alkyl or cyclic N) is 1. The van der Waals surface area contributed by atoms with Gasteiger partial charge in [-0.1, -0.05) is 16.8 Å². The van der Waals surface area contributed by atoms with Gasteiger partial charge in [-0.05, 0) is 18.6 Å². The molecule has 0 saturated carbocycles. The lowest BCUT2D eigenvalue weighted by atomic mass is 10.0. The third-order valence-electron chi connectivity index (χ3n) is 4.95. The third kappa shape index (κ3) is 3.89. The van der Waals surface area contributed by atoms with Crippen molar-refractivity contribution in [1.82, 2.24) is 10.1 Å². The average Bonchev–Trinajstić information content (AvgIpc) is 3.21. The highest BCUT2D eigenvalue weighted by atomic mass is 35.5. The molecule has 0 spiro atoms. The highest BCUT2D eigenvalue weighted by Crippen LogP contribution is 2.36. The molecule has 7 nitrogen and oxygen atoms in total. The van der Waals surface area contributed by atoms with Crippen LogP contribution in [-0.4, -0.2) is 53.5 Å². The smallest absolute Gasteiger partial charge is 0.227 e. The summed E-state index contributed by atoms with van der Waals surface area (Å²) in [5.41, 5.74) is 1.49. The van der Waals surface area contributed by atoms with E-state index < -0.39 is 6.10 Å². The molecule has 1 saturated heterocycles. The summed E-state index contributed by atoms with van der Waals surface area (Å²) in [6.45, 7) is 3.59. The number of halogens is 1. The summed E-state index contributed by atoms with van der Waals surface area (Å²) in [6, 6.07) is 5.30. The Kier molecular flexibility index (Phi) is 4.97. The van der Waals surface area contributed by atoms with Gasteiger partial charge in [0.15, 0.2) is 11.5 Å². The maximum absolute atomic E-state index is 12.7. The Labute approximate surface area is 161 Å². The van der Waals surface area contributed by atoms with Crippen molar-refractivity contribution in [3.8, 4) is 11.5 Å². The second kappa shape index (κ2) is 7.40. The SMILES string of the molecule is Cc1cc(C[C@@H]2CN(C(=O)Cc3cc4c(cc3Cl)OCCO4)C[C@@H]2O)on1. The van der Waals surface area contributed by atoms with E-state index in [1.54, 1.807) is 17.0 Å². The van der Waals surface area contributed by atoms with Crippen LogP contribution in [0.4, 0.5) is 0 Å². The van der Waals surface area contributed by atoms with Gasteiger partial charge < -0.3 is 24.0 Å². The highest BCUT2D eigenvalue weighted by Gasteiger charge is 2.35. The molecule has 2 aromatic rings. The Morgan fingerprint density at radius 2 is 2.00 bits per heavy atom. The summed E-state index contributed by atoms with van der Waals surface area (Å²) in [5.74, 6) is 1.77. The van der Waals surface area contributed by atoms with E-state index in [1.807, 2.05) is 13.0 Å². The van der Waals surface area contributed by atoms with Crippen molar-refractivity contribution >= 4 is 17.5 Å². The van der Waals surface area contributed by atoms with E-state index >= 15 is 0 Å². The first-order valence-corrected chi connectivity index (χ1v) is 9.33. The Balaban J connectivity index is 1.41. The number of aliphatic hydroxyl groups is 1. The molecular formula is C19H21ClN2O5. The summed E-state index contributed by atoms with van der Waals surface area (Å²) < 4.78 is 16.3. The topological polar surface area (TPSA) is 85.0 Å². The third-order valence-corrected chi connectivity index (χ3v) is 5.30. The summed E-state index contributed by atoms with van der Waals surface area (Å²) >= 11 is 6.30. The van der Waals surface area contributed by atoms with Crippen molar-refractivity contribution in [2.75, 3.05) is 26.3 Å². The molecule has 3 heterocycles. The molecular weight excluding hydrogens is 372 g/mol. The molecule has 2 aliphatic rings. The lowest BCUT2D eigenvalue weighted by molar-refractivity contribution is -0.129. The molecule has 144 valence electrons. The molecule has 8 heteroatoms. The lowest BCUT2D eigenvalue weighted by Crippen LogP contribution is -2.31. The predicted octanol–water partition coefficient (Wildman–Crippen LogP) is 2.01. The van der Waals surface area contributed by atoms with Gasteiger partial charge in [-0.15, -0.1) is 0 Å². The molecule has 0 unspecified atom stereocenters. The van der Waals surface area contributed by atoms with Gasteiger partial charge in [0.25, 0.3) is 0 Å². The number of hydrogen-bond acceptors (Lipinski definition) is 6. The molecule has 1 fully saturated rings. The van der Waals surface area contributed by atoms with Crippen molar-refractivity contribution in [2.24, 2.45) is 5.92 Å². The van der Waals surface area contributed by atoms with E-state index in [0.717, 1.165) is 11.5 Å². The number of aliphatic hydroxyl groups excluding tert-OH is 1. The van der Waals surface area contributed by atoms with Crippen LogP contribution in [0.2, 0.25) is 5.02 Å². The zero-order valence-electron chi connectivity index (χ0n) is 15.0. The average molecular weight is 393 g/mol. The standard InChI is InChI=1S/C19H21ClN2O5/c1-11-4-14(27-21-11)5-13-9-22(10-16(13)23)19(24)7-12-6-17-18(8-15(12)20)26-3-2-25-17/h4,6,8,13,16,23H,2-3,5,7,9-10H2,1H3/t13-,16+/m1/s1. The molecule has 2 atom stereocenters. The van der Waals surface area contributed by atoms with Crippen molar-refractivity contribution in [2.45, 2.75) is 25.9 Å². The summed E-state index contributed by atoms with van der Waals surface area (Å²) in [5, 5.41) is 14.7. The Bertz CT molecular complexity index is 853. The predicted molar refractivity (Wildman–Crippen MR) is 97.2 cm³/mol. The van der Waals surface area contributed by atoms with Crippen LogP contribution in [0.15, 0.2) is 22.7 Å². The van der Waals surface area contributed by atoms with Crippen LogP contribution in [0.5, 0.6) is 11.5 Å². The number of benzene rings is 1. The fraction of sp³-hybridized carbons (Fsp3) is 0.474. The van der Waals surface area contributed by atoms with Gasteiger partial charge in [0.1, 0.15) is 19.0 Å². The number of hydrogen-bond donors (Lipinski definition) is 1. The first-order chi connectivity index (χ1) is 13.0. The van der Waals surface area contributed by atoms with Gasteiger partial charge in [0.05, 0.1) is 18.2 Å². The maximum atomic E-state index is 12.7. The van der Waals surface area contributed by atoms with E-state index in [4.69, 9.17) is 25.6 Å². The van der Waals surface area contributed by atoms with Crippen molar-refractivity contribution in [1.29, 1.82) is 0 Å². The maximum Gasteiger partial charge on any atom is 0.227 e. The highest BCUT2D eigenvalue weighted by molar-refractivity contribution is 6.31. The molecule has 0 radical (unpaired) electrons. The number of ether oxygens (including phenoxy) is 2. The van der Waals surface area contributed by atoms with Gasteiger partial charge in [-0.3, -0.25) is 4.79 Å². The number of rotatable bonds is 4. The fourth-order valence-corrected chi connectivity index (χ4v) is 3.77. The molecule has 4 rings (SSSR count). The number of carbonyl (C=O) groups excluding carboxylic acids is 1. The number of aromatic nitrogens is 1. The minimum Gasteiger partial charge on any atom is -0.486 e. The normalized spacial score (nSPS) is 21.5. The van der Waals surface area contributed by atoms with Crippen molar-refractivity contribution in [3.05, 3.63) is 40.2 Å². The number of aryl methyl sites for hydroxylation is 1. The fourth-order valence-electron chi connectivity index (χ4n) is 3.55. The number of amides is 1. The summed E-state index contributed by atoms with van der Waals surface area (Å²) in [4.78, 5) is 14.4. The molecule has 27 heavy (non-hydrogen) atoms. The van der Waals surface area contributed by atoms with E-state index in [0.29, 0.717) is 54.8 Å². The van der Waals surface area contributed by atoms with Gasteiger partial charge in [-0.2, -0.15) is 0 Å². The second-order valence-electron chi connectivity index (χ2n) is 7.03.